The predicted octanol–water partition coefficient (Wildman–Crippen LogP) is 6.52. The van der Waals surface area contributed by atoms with Gasteiger partial charge in [-0.25, -0.2) is 0 Å². The van der Waals surface area contributed by atoms with Gasteiger partial charge >= 0.3 is 0 Å². The van der Waals surface area contributed by atoms with E-state index in [9.17, 15) is 0 Å². The molecule has 0 atom stereocenters. The third-order valence-corrected chi connectivity index (χ3v) is 6.68. The fraction of sp³-hybridized carbons (Fsp3) is 0.538. The first kappa shape index (κ1) is 18.7. The van der Waals surface area contributed by atoms with Gasteiger partial charge in [0.1, 0.15) is 0 Å². The Morgan fingerprint density at radius 3 is 2.44 bits per heavy atom. The maximum absolute atomic E-state index is 4.21. The SMILES string of the molecule is C=C1CCc2cc(C3CCN(CC4=CC=C(CC(C)C)CC4)CC3)ccc21. The van der Waals surface area contributed by atoms with Gasteiger partial charge in [0.05, 0.1) is 0 Å². The van der Waals surface area contributed by atoms with Crippen LogP contribution < -0.4 is 0 Å². The average Bonchev–Trinajstić information content (AvgIpc) is 3.04. The molecule has 1 aromatic carbocycles. The Labute approximate surface area is 165 Å². The van der Waals surface area contributed by atoms with Crippen molar-refractivity contribution in [1.82, 2.24) is 4.90 Å². The molecule has 1 heterocycles. The van der Waals surface area contributed by atoms with Crippen LogP contribution in [-0.2, 0) is 6.42 Å². The highest BCUT2D eigenvalue weighted by atomic mass is 15.1. The number of hydrogen-bond acceptors (Lipinski definition) is 1. The predicted molar refractivity (Wildman–Crippen MR) is 117 cm³/mol. The van der Waals surface area contributed by atoms with Gasteiger partial charge < -0.3 is 0 Å². The van der Waals surface area contributed by atoms with Crippen LogP contribution in [0.1, 0.15) is 75.0 Å². The number of hydrogen-bond donors (Lipinski definition) is 0. The van der Waals surface area contributed by atoms with E-state index in [2.05, 4.69) is 55.7 Å². The fourth-order valence-electron chi connectivity index (χ4n) is 5.10. The molecule has 0 aromatic heterocycles. The first-order chi connectivity index (χ1) is 13.1. The molecule has 1 aromatic rings. The van der Waals surface area contributed by atoms with Crippen LogP contribution in [0.5, 0.6) is 0 Å². The molecule has 1 aliphatic heterocycles. The van der Waals surface area contributed by atoms with Gasteiger partial charge in [0.25, 0.3) is 0 Å². The number of aryl methyl sites for hydroxylation is 1. The van der Waals surface area contributed by atoms with Crippen molar-refractivity contribution < 1.29 is 0 Å². The molecule has 4 rings (SSSR count). The monoisotopic (exact) mass is 361 g/mol. The molecule has 0 saturated carbocycles. The Morgan fingerprint density at radius 1 is 1.00 bits per heavy atom. The molecule has 0 spiro atoms. The van der Waals surface area contributed by atoms with E-state index < -0.39 is 0 Å². The van der Waals surface area contributed by atoms with Gasteiger partial charge in [-0.3, -0.25) is 4.90 Å². The molecule has 0 unspecified atom stereocenters. The smallest absolute Gasteiger partial charge is 0.0196 e. The number of nitrogens with zero attached hydrogens (tertiary/aromatic N) is 1. The molecule has 2 aliphatic carbocycles. The second-order valence-corrected chi connectivity index (χ2v) is 9.32. The lowest BCUT2D eigenvalue weighted by Crippen LogP contribution is -2.34. The van der Waals surface area contributed by atoms with Gasteiger partial charge in [0.2, 0.25) is 0 Å². The second kappa shape index (κ2) is 8.19. The van der Waals surface area contributed by atoms with Gasteiger partial charge in [-0.15, -0.1) is 0 Å². The molecule has 0 bridgehead atoms. The number of piperidine rings is 1. The average molecular weight is 362 g/mol. The van der Waals surface area contributed by atoms with Crippen LogP contribution in [0, 0.1) is 5.92 Å². The van der Waals surface area contributed by atoms with E-state index in [1.165, 1.54) is 74.9 Å². The number of fused-ring (bicyclic) bond motifs is 1. The van der Waals surface area contributed by atoms with E-state index in [0.717, 1.165) is 18.3 Å². The van der Waals surface area contributed by atoms with E-state index in [1.807, 2.05) is 0 Å². The quantitative estimate of drug-likeness (QED) is 0.577. The topological polar surface area (TPSA) is 3.24 Å². The summed E-state index contributed by atoms with van der Waals surface area (Å²) in [5.41, 5.74) is 9.14. The summed E-state index contributed by atoms with van der Waals surface area (Å²) in [6.45, 7) is 12.5. The Hall–Kier alpha value is -1.60. The van der Waals surface area contributed by atoms with E-state index in [1.54, 1.807) is 16.7 Å². The van der Waals surface area contributed by atoms with E-state index in [4.69, 9.17) is 0 Å². The summed E-state index contributed by atoms with van der Waals surface area (Å²) < 4.78 is 0. The van der Waals surface area contributed by atoms with Crippen LogP contribution in [0.2, 0.25) is 0 Å². The van der Waals surface area contributed by atoms with E-state index >= 15 is 0 Å². The summed E-state index contributed by atoms with van der Waals surface area (Å²) in [5.74, 6) is 1.53. The summed E-state index contributed by atoms with van der Waals surface area (Å²) in [6.07, 6.45) is 13.6. The van der Waals surface area contributed by atoms with Crippen molar-refractivity contribution in [2.24, 2.45) is 5.92 Å². The Morgan fingerprint density at radius 2 is 1.74 bits per heavy atom. The molecular weight excluding hydrogens is 326 g/mol. The largest absolute Gasteiger partial charge is 0.299 e. The lowest BCUT2D eigenvalue weighted by molar-refractivity contribution is 0.226. The van der Waals surface area contributed by atoms with Gasteiger partial charge in [-0.05, 0) is 92.1 Å². The lowest BCUT2D eigenvalue weighted by Gasteiger charge is -2.33. The zero-order chi connectivity index (χ0) is 18.8. The van der Waals surface area contributed by atoms with Crippen molar-refractivity contribution in [3.8, 4) is 0 Å². The van der Waals surface area contributed by atoms with Crippen molar-refractivity contribution in [2.75, 3.05) is 19.6 Å². The number of likely N-dealkylation sites (tertiary alicyclic amines) is 1. The molecule has 1 nitrogen and oxygen atoms in total. The zero-order valence-electron chi connectivity index (χ0n) is 17.3. The summed E-state index contributed by atoms with van der Waals surface area (Å²) in [7, 11) is 0. The third kappa shape index (κ3) is 4.46. The molecular formula is C26H35N. The van der Waals surface area contributed by atoms with Crippen molar-refractivity contribution >= 4 is 5.57 Å². The van der Waals surface area contributed by atoms with Crippen LogP contribution in [0.15, 0.2) is 48.1 Å². The molecule has 0 N–H and O–H groups in total. The molecule has 0 amide bonds. The maximum atomic E-state index is 4.21. The van der Waals surface area contributed by atoms with Gasteiger partial charge in [0, 0.05) is 6.54 Å². The summed E-state index contributed by atoms with van der Waals surface area (Å²) in [5, 5.41) is 0. The number of benzene rings is 1. The van der Waals surface area contributed by atoms with Crippen molar-refractivity contribution in [2.45, 2.75) is 64.7 Å². The highest BCUT2D eigenvalue weighted by Crippen LogP contribution is 2.36. The van der Waals surface area contributed by atoms with Crippen molar-refractivity contribution in [3.05, 3.63) is 64.8 Å². The van der Waals surface area contributed by atoms with Gasteiger partial charge in [-0.2, -0.15) is 0 Å². The number of allylic oxidation sites excluding steroid dienone is 4. The zero-order valence-corrected chi connectivity index (χ0v) is 17.3. The molecule has 27 heavy (non-hydrogen) atoms. The molecule has 0 radical (unpaired) electrons. The minimum absolute atomic E-state index is 0.748. The highest BCUT2D eigenvalue weighted by molar-refractivity contribution is 5.71. The van der Waals surface area contributed by atoms with Crippen molar-refractivity contribution in [1.29, 1.82) is 0 Å². The van der Waals surface area contributed by atoms with Gasteiger partial charge in [0.15, 0.2) is 0 Å². The van der Waals surface area contributed by atoms with Crippen LogP contribution >= 0.6 is 0 Å². The normalized spacial score (nSPS) is 21.4. The minimum atomic E-state index is 0.748. The van der Waals surface area contributed by atoms with E-state index in [-0.39, 0.29) is 0 Å². The Balaban J connectivity index is 1.30. The standard InChI is InChI=1S/C26H35N/c1-19(2)16-21-5-7-22(8-6-21)18-27-14-12-23(13-15-27)24-10-11-26-20(3)4-9-25(26)17-24/h5,7,10-11,17,19,23H,3-4,6,8-9,12-16,18H2,1-2H3. The summed E-state index contributed by atoms with van der Waals surface area (Å²) in [4.78, 5) is 2.68. The molecule has 3 aliphatic rings. The van der Waals surface area contributed by atoms with Gasteiger partial charge in [-0.1, -0.05) is 61.9 Å². The fourth-order valence-corrected chi connectivity index (χ4v) is 5.10. The lowest BCUT2D eigenvalue weighted by atomic mass is 9.87. The van der Waals surface area contributed by atoms with Crippen LogP contribution in [-0.4, -0.2) is 24.5 Å². The molecule has 144 valence electrons. The van der Waals surface area contributed by atoms with Crippen LogP contribution in [0.4, 0.5) is 0 Å². The first-order valence-corrected chi connectivity index (χ1v) is 11.0. The third-order valence-electron chi connectivity index (χ3n) is 6.68. The Bertz CT molecular complexity index is 756. The molecule has 1 fully saturated rings. The second-order valence-electron chi connectivity index (χ2n) is 9.32. The highest BCUT2D eigenvalue weighted by Gasteiger charge is 2.23. The summed E-state index contributed by atoms with van der Waals surface area (Å²) in [6, 6.07) is 7.19. The van der Waals surface area contributed by atoms with Crippen molar-refractivity contribution in [3.63, 3.8) is 0 Å². The van der Waals surface area contributed by atoms with E-state index in [0.29, 0.717) is 0 Å². The van der Waals surface area contributed by atoms with Crippen LogP contribution in [0.25, 0.3) is 5.57 Å². The summed E-state index contributed by atoms with van der Waals surface area (Å²) >= 11 is 0. The molecule has 1 heteroatoms. The molecule has 1 saturated heterocycles. The number of rotatable bonds is 5. The van der Waals surface area contributed by atoms with Crippen LogP contribution in [0.3, 0.4) is 0 Å². The minimum Gasteiger partial charge on any atom is -0.299 e. The first-order valence-electron chi connectivity index (χ1n) is 11.0. The Kier molecular flexibility index (Phi) is 5.68. The maximum Gasteiger partial charge on any atom is 0.0196 e.